The van der Waals surface area contributed by atoms with E-state index in [1.807, 2.05) is 6.07 Å². The van der Waals surface area contributed by atoms with Gasteiger partial charge in [0, 0.05) is 53.9 Å². The van der Waals surface area contributed by atoms with E-state index in [0.717, 1.165) is 92.8 Å². The van der Waals surface area contributed by atoms with E-state index in [9.17, 15) is 9.18 Å². The Kier molecular flexibility index (Phi) is 12.4. The van der Waals surface area contributed by atoms with Crippen molar-refractivity contribution in [3.63, 3.8) is 0 Å². The lowest BCUT2D eigenvalue weighted by molar-refractivity contribution is -0.438. The fourth-order valence-electron chi connectivity index (χ4n) is 8.50. The van der Waals surface area contributed by atoms with Gasteiger partial charge in [0.15, 0.2) is 5.71 Å². The molecule has 2 radical (unpaired) electrons. The van der Waals surface area contributed by atoms with E-state index in [-0.39, 0.29) is 22.6 Å². The van der Waals surface area contributed by atoms with Crippen LogP contribution >= 0.6 is 0 Å². The Morgan fingerprint density at radius 2 is 1.65 bits per heavy atom. The first-order chi connectivity index (χ1) is 26.3. The molecule has 6 rings (SSSR count). The van der Waals surface area contributed by atoms with E-state index in [4.69, 9.17) is 12.7 Å². The number of halogens is 1. The molecule has 0 unspecified atom stereocenters. The number of benzene rings is 3. The number of aryl methyl sites for hydroxylation is 2. The van der Waals surface area contributed by atoms with Crippen LogP contribution < -0.4 is 14.9 Å². The number of hydrogen-bond donors (Lipinski definition) is 1. The quantitative estimate of drug-likeness (QED) is 0.102. The second-order valence-electron chi connectivity index (χ2n) is 16.6. The molecular weight excluding hydrogens is 680 g/mol. The van der Waals surface area contributed by atoms with Crippen LogP contribution in [0.1, 0.15) is 115 Å². The van der Waals surface area contributed by atoms with Crippen LogP contribution in [0.15, 0.2) is 108 Å². The summed E-state index contributed by atoms with van der Waals surface area (Å²) in [6.45, 7) is 17.2. The van der Waals surface area contributed by atoms with Crippen LogP contribution in [0.2, 0.25) is 0 Å². The first-order valence-corrected chi connectivity index (χ1v) is 20.3. The summed E-state index contributed by atoms with van der Waals surface area (Å²) in [7, 11) is 5.35. The summed E-state index contributed by atoms with van der Waals surface area (Å²) in [5, 5.41) is 2.26. The summed E-state index contributed by atoms with van der Waals surface area (Å²) in [5.74, 6) is 1.40. The molecule has 3 aromatic rings. The number of allylic oxidation sites excluding steroid dienone is 7. The Labute approximate surface area is 330 Å². The van der Waals surface area contributed by atoms with Gasteiger partial charge in [-0.3, -0.25) is 4.79 Å². The number of fused-ring (bicyclic) bond motifs is 2. The van der Waals surface area contributed by atoms with Crippen molar-refractivity contribution >= 4 is 31.0 Å². The Bertz CT molecular complexity index is 2070. The monoisotopic (exact) mass is 738 g/mol. The molecule has 3 aliphatic rings. The molecule has 0 spiro atoms. The van der Waals surface area contributed by atoms with Gasteiger partial charge in [-0.1, -0.05) is 68.7 Å². The minimum atomic E-state index is -0.352. The molecule has 5 nitrogen and oxygen atoms in total. The van der Waals surface area contributed by atoms with Crippen molar-refractivity contribution in [2.75, 3.05) is 18.0 Å². The van der Waals surface area contributed by atoms with E-state index >= 15 is 0 Å². The zero-order valence-corrected chi connectivity index (χ0v) is 34.0. The van der Waals surface area contributed by atoms with Crippen LogP contribution in [0, 0.1) is 19.7 Å². The second-order valence-corrected chi connectivity index (χ2v) is 16.6. The van der Waals surface area contributed by atoms with Gasteiger partial charge in [0.25, 0.3) is 0 Å². The highest BCUT2D eigenvalue weighted by atomic mass is 19.1. The molecule has 1 aliphatic carbocycles. The highest BCUT2D eigenvalue weighted by molar-refractivity contribution is 6.14. The fraction of sp³-hybridized carbons (Fsp3) is 0.417. The summed E-state index contributed by atoms with van der Waals surface area (Å²) in [4.78, 5) is 14.3. The standard InChI is InChI=1S/C48H58BFN3O2/c1-8-9-11-29-52-42-26-22-37(50)32-40(42)48(6,7)44(52)28-21-36-15-13-14-35(46(36)55-38-23-17-33(2)18-24-38)20-27-43-47(4,5)39-31-34(3)19-25-41(39)53(43)30-12-10-16-45(54)51-49/h17-28,31-32H,8-16,29-30H2,1-7H3,(H,51,54)/q+1. The lowest BCUT2D eigenvalue weighted by atomic mass is 9.81. The predicted octanol–water partition coefficient (Wildman–Crippen LogP) is 11.1. The summed E-state index contributed by atoms with van der Waals surface area (Å²) < 4.78 is 23.9. The first-order valence-electron chi connectivity index (χ1n) is 20.3. The number of amides is 1. The molecular formula is C48H58BFN3O2+. The molecule has 1 N–H and O–H groups in total. The highest BCUT2D eigenvalue weighted by Gasteiger charge is 2.44. The van der Waals surface area contributed by atoms with Gasteiger partial charge in [-0.15, -0.1) is 0 Å². The third-order valence-electron chi connectivity index (χ3n) is 11.7. The molecule has 7 heteroatoms. The van der Waals surface area contributed by atoms with Crippen molar-refractivity contribution in [1.29, 1.82) is 0 Å². The van der Waals surface area contributed by atoms with Crippen molar-refractivity contribution in [1.82, 2.24) is 5.23 Å². The van der Waals surface area contributed by atoms with Gasteiger partial charge in [-0.05, 0) is 125 Å². The number of ether oxygens (including phenoxy) is 1. The number of anilines is 1. The Morgan fingerprint density at radius 1 is 0.891 bits per heavy atom. The molecule has 0 saturated heterocycles. The maximum Gasteiger partial charge on any atom is 0.226 e. The maximum atomic E-state index is 14.6. The van der Waals surface area contributed by atoms with Crippen LogP contribution in [0.4, 0.5) is 15.8 Å². The molecule has 0 bridgehead atoms. The Balaban J connectivity index is 1.42. The van der Waals surface area contributed by atoms with E-state index in [1.165, 1.54) is 39.4 Å². The number of hydrogen-bond acceptors (Lipinski definition) is 3. The summed E-state index contributed by atoms with van der Waals surface area (Å²) >= 11 is 0. The van der Waals surface area contributed by atoms with E-state index < -0.39 is 0 Å². The highest BCUT2D eigenvalue weighted by Crippen LogP contribution is 2.48. The van der Waals surface area contributed by atoms with Gasteiger partial charge in [-0.25, -0.2) is 4.39 Å². The largest absolute Gasteiger partial charge is 0.457 e. The topological polar surface area (TPSA) is 44.6 Å². The molecule has 1 amide bonds. The summed E-state index contributed by atoms with van der Waals surface area (Å²) in [6, 6.07) is 20.3. The van der Waals surface area contributed by atoms with Gasteiger partial charge in [0.2, 0.25) is 19.6 Å². The van der Waals surface area contributed by atoms with Crippen molar-refractivity contribution in [2.45, 2.75) is 117 Å². The number of nitrogens with zero attached hydrogens (tertiary/aromatic N) is 2. The maximum absolute atomic E-state index is 14.6. The molecule has 3 aromatic carbocycles. The molecule has 286 valence electrons. The fourth-order valence-corrected chi connectivity index (χ4v) is 8.50. The SMILES string of the molecule is [B]NC(=O)CCCCN1C(=CC=C2CCCC(C=CC3=[N+](CCCCC)c4ccc(F)cc4C3(C)C)=C2Oc2ccc(C)cc2)C(C)(C)c2cc(C)ccc21. The van der Waals surface area contributed by atoms with Gasteiger partial charge >= 0.3 is 0 Å². The smallest absolute Gasteiger partial charge is 0.226 e. The lowest BCUT2D eigenvalue weighted by Gasteiger charge is -2.27. The van der Waals surface area contributed by atoms with E-state index in [0.29, 0.717) is 6.42 Å². The zero-order chi connectivity index (χ0) is 39.3. The minimum absolute atomic E-state index is 0.133. The molecule has 55 heavy (non-hydrogen) atoms. The third kappa shape index (κ3) is 8.61. The van der Waals surface area contributed by atoms with Gasteiger partial charge in [0.05, 0.1) is 5.41 Å². The third-order valence-corrected chi connectivity index (χ3v) is 11.7. The minimum Gasteiger partial charge on any atom is -0.457 e. The average molecular weight is 739 g/mol. The van der Waals surface area contributed by atoms with Crippen molar-refractivity contribution in [3.8, 4) is 5.75 Å². The number of unbranched alkanes of at least 4 members (excludes halogenated alkanes) is 3. The normalized spacial score (nSPS) is 18.8. The zero-order valence-electron chi connectivity index (χ0n) is 34.0. The van der Waals surface area contributed by atoms with Crippen LogP contribution in [0.25, 0.3) is 0 Å². The van der Waals surface area contributed by atoms with Crippen LogP contribution in [0.3, 0.4) is 0 Å². The van der Waals surface area contributed by atoms with Crippen LogP contribution in [0.5, 0.6) is 5.75 Å². The predicted molar refractivity (Wildman–Crippen MR) is 226 cm³/mol. The summed E-state index contributed by atoms with van der Waals surface area (Å²) in [6.07, 6.45) is 17.3. The van der Waals surface area contributed by atoms with Crippen molar-refractivity contribution in [3.05, 3.63) is 136 Å². The summed E-state index contributed by atoms with van der Waals surface area (Å²) in [5.41, 5.74) is 11.3. The van der Waals surface area contributed by atoms with Crippen LogP contribution in [-0.2, 0) is 15.6 Å². The van der Waals surface area contributed by atoms with E-state index in [1.54, 1.807) is 12.1 Å². The van der Waals surface area contributed by atoms with Gasteiger partial charge in [0.1, 0.15) is 23.9 Å². The van der Waals surface area contributed by atoms with Crippen molar-refractivity contribution < 1.29 is 18.5 Å². The molecule has 2 aliphatic heterocycles. The van der Waals surface area contributed by atoms with Gasteiger partial charge in [-0.2, -0.15) is 4.58 Å². The van der Waals surface area contributed by atoms with Crippen molar-refractivity contribution in [2.24, 2.45) is 0 Å². The lowest BCUT2D eigenvalue weighted by Crippen LogP contribution is -2.28. The first kappa shape index (κ1) is 40.0. The molecule has 0 fully saturated rings. The number of carbonyl (C=O) groups excluding carboxylic acids is 1. The van der Waals surface area contributed by atoms with E-state index in [2.05, 4.69) is 130 Å². The molecule has 0 aromatic heterocycles. The number of nitrogens with one attached hydrogen (secondary N) is 1. The van der Waals surface area contributed by atoms with Crippen LogP contribution in [-0.4, -0.2) is 37.3 Å². The Morgan fingerprint density at radius 3 is 2.40 bits per heavy atom. The molecule has 2 heterocycles. The number of carbonyl (C=O) groups is 1. The second kappa shape index (κ2) is 17.0. The number of rotatable bonds is 14. The molecule has 0 saturated carbocycles. The van der Waals surface area contributed by atoms with Gasteiger partial charge < -0.3 is 14.9 Å². The average Bonchev–Trinajstić information content (AvgIpc) is 3.50. The Hall–Kier alpha value is -4.65. The molecule has 0 atom stereocenters.